The molecule has 132 valence electrons. The van der Waals surface area contributed by atoms with Gasteiger partial charge < -0.3 is 10.2 Å². The number of rotatable bonds is 5. The maximum Gasteiger partial charge on any atom is 0.255 e. The Balaban J connectivity index is 1.84. The molecule has 1 N–H and O–H groups in total. The minimum absolute atomic E-state index is 0.0929. The van der Waals surface area contributed by atoms with Crippen molar-refractivity contribution >= 4 is 17.3 Å². The molecule has 0 spiro atoms. The first-order valence-electron chi connectivity index (χ1n) is 9.35. The molecule has 1 aromatic carbocycles. The normalized spacial score (nSPS) is 14.4. The summed E-state index contributed by atoms with van der Waals surface area (Å²) in [5, 5.41) is 3.51. The molecular weight excluding hydrogens is 310 g/mol. The Bertz CT molecular complexity index is 713. The first-order chi connectivity index (χ1) is 12.2. The summed E-state index contributed by atoms with van der Waals surface area (Å²) in [5.74, 6) is 0.0929. The molecule has 4 nitrogen and oxygen atoms in total. The first-order valence-corrected chi connectivity index (χ1v) is 9.35. The summed E-state index contributed by atoms with van der Waals surface area (Å²) in [6.07, 6.45) is 8.82. The number of piperidine rings is 1. The summed E-state index contributed by atoms with van der Waals surface area (Å²) in [4.78, 5) is 19.0. The Morgan fingerprint density at radius 2 is 1.76 bits per heavy atom. The molecule has 0 unspecified atom stereocenters. The number of pyridine rings is 1. The quantitative estimate of drug-likeness (QED) is 0.869. The number of aromatic nitrogens is 1. The van der Waals surface area contributed by atoms with E-state index in [1.165, 1.54) is 17.5 Å². The van der Waals surface area contributed by atoms with Gasteiger partial charge in [0.05, 0.1) is 17.4 Å². The van der Waals surface area contributed by atoms with Gasteiger partial charge in [-0.25, -0.2) is 0 Å². The maximum absolute atomic E-state index is 12.7. The molecule has 1 aliphatic rings. The van der Waals surface area contributed by atoms with Gasteiger partial charge in [0.15, 0.2) is 0 Å². The van der Waals surface area contributed by atoms with Crippen LogP contribution in [0.5, 0.6) is 0 Å². The van der Waals surface area contributed by atoms with Gasteiger partial charge in [-0.05, 0) is 49.3 Å². The van der Waals surface area contributed by atoms with Gasteiger partial charge in [0, 0.05) is 25.0 Å². The van der Waals surface area contributed by atoms with Crippen LogP contribution in [0.2, 0.25) is 0 Å². The van der Waals surface area contributed by atoms with Crippen LogP contribution in [0.1, 0.15) is 54.6 Å². The van der Waals surface area contributed by atoms with Crippen LogP contribution in [0.15, 0.2) is 36.7 Å². The largest absolute Gasteiger partial charge is 0.354 e. The van der Waals surface area contributed by atoms with Gasteiger partial charge in [-0.1, -0.05) is 32.0 Å². The summed E-state index contributed by atoms with van der Waals surface area (Å²) in [6, 6.07) is 8.34. The number of amides is 1. The van der Waals surface area contributed by atoms with E-state index < -0.39 is 0 Å². The fourth-order valence-electron chi connectivity index (χ4n) is 3.45. The standard InChI is InChI=1S/C21H27N3O/c1-3-16-9-8-10-17(4-2)20(16)23-19-13-18(14-22-15-19)21(25)24-11-6-5-7-12-24/h8-10,13-15,23H,3-7,11-12H2,1-2H3. The number of anilines is 2. The summed E-state index contributed by atoms with van der Waals surface area (Å²) in [5.41, 5.74) is 5.26. The van der Waals surface area contributed by atoms with Crippen molar-refractivity contribution in [2.24, 2.45) is 0 Å². The number of para-hydroxylation sites is 1. The molecule has 0 aliphatic carbocycles. The van der Waals surface area contributed by atoms with Crippen molar-refractivity contribution in [2.45, 2.75) is 46.0 Å². The van der Waals surface area contributed by atoms with E-state index in [0.29, 0.717) is 5.56 Å². The van der Waals surface area contributed by atoms with Crippen molar-refractivity contribution in [1.29, 1.82) is 0 Å². The monoisotopic (exact) mass is 337 g/mol. The zero-order chi connectivity index (χ0) is 17.6. The van der Waals surface area contributed by atoms with E-state index in [1.54, 1.807) is 12.4 Å². The lowest BCUT2D eigenvalue weighted by atomic mass is 10.0. The Hall–Kier alpha value is -2.36. The van der Waals surface area contributed by atoms with Crippen molar-refractivity contribution in [3.05, 3.63) is 53.3 Å². The van der Waals surface area contributed by atoms with E-state index in [0.717, 1.165) is 50.1 Å². The van der Waals surface area contributed by atoms with Crippen molar-refractivity contribution < 1.29 is 4.79 Å². The molecule has 2 heterocycles. The lowest BCUT2D eigenvalue weighted by Crippen LogP contribution is -2.35. The molecule has 1 amide bonds. The zero-order valence-electron chi connectivity index (χ0n) is 15.2. The van der Waals surface area contributed by atoms with Gasteiger partial charge in [-0.2, -0.15) is 0 Å². The number of aryl methyl sites for hydroxylation is 2. The molecule has 1 aliphatic heterocycles. The predicted molar refractivity (Wildman–Crippen MR) is 102 cm³/mol. The van der Waals surface area contributed by atoms with E-state index in [4.69, 9.17) is 0 Å². The number of hydrogen-bond acceptors (Lipinski definition) is 3. The maximum atomic E-state index is 12.7. The predicted octanol–water partition coefficient (Wildman–Crippen LogP) is 4.58. The highest BCUT2D eigenvalue weighted by molar-refractivity contribution is 5.95. The minimum Gasteiger partial charge on any atom is -0.354 e. The number of nitrogens with zero attached hydrogens (tertiary/aromatic N) is 2. The molecule has 2 aromatic rings. The van der Waals surface area contributed by atoms with E-state index in [9.17, 15) is 4.79 Å². The van der Waals surface area contributed by atoms with Gasteiger partial charge in [-0.3, -0.25) is 9.78 Å². The summed E-state index contributed by atoms with van der Waals surface area (Å²) in [7, 11) is 0. The third-order valence-electron chi connectivity index (χ3n) is 4.90. The summed E-state index contributed by atoms with van der Waals surface area (Å²) in [6.45, 7) is 6.04. The van der Waals surface area contributed by atoms with Crippen LogP contribution in [0.25, 0.3) is 0 Å². The Morgan fingerprint density at radius 3 is 2.40 bits per heavy atom. The number of carbonyl (C=O) groups excluding carboxylic acids is 1. The fourth-order valence-corrected chi connectivity index (χ4v) is 3.45. The third-order valence-corrected chi connectivity index (χ3v) is 4.90. The van der Waals surface area contributed by atoms with Crippen LogP contribution in [0.3, 0.4) is 0 Å². The second-order valence-electron chi connectivity index (χ2n) is 6.60. The highest BCUT2D eigenvalue weighted by Gasteiger charge is 2.19. The molecule has 0 bridgehead atoms. The molecule has 1 saturated heterocycles. The lowest BCUT2D eigenvalue weighted by molar-refractivity contribution is 0.0724. The Kier molecular flexibility index (Phi) is 5.69. The molecule has 25 heavy (non-hydrogen) atoms. The molecule has 1 aromatic heterocycles. The number of benzene rings is 1. The number of carbonyl (C=O) groups is 1. The summed E-state index contributed by atoms with van der Waals surface area (Å²) >= 11 is 0. The molecule has 1 fully saturated rings. The van der Waals surface area contributed by atoms with Gasteiger partial charge in [0.2, 0.25) is 0 Å². The molecule has 4 heteroatoms. The Labute approximate surface area is 150 Å². The van der Waals surface area contributed by atoms with E-state index in [1.807, 2.05) is 11.0 Å². The smallest absolute Gasteiger partial charge is 0.255 e. The molecule has 3 rings (SSSR count). The third kappa shape index (κ3) is 4.01. The molecule has 0 atom stereocenters. The van der Waals surface area contributed by atoms with Crippen molar-refractivity contribution in [1.82, 2.24) is 9.88 Å². The van der Waals surface area contributed by atoms with E-state index in [-0.39, 0.29) is 5.91 Å². The topological polar surface area (TPSA) is 45.2 Å². The first kappa shape index (κ1) is 17.5. The van der Waals surface area contributed by atoms with Crippen molar-refractivity contribution in [2.75, 3.05) is 18.4 Å². The van der Waals surface area contributed by atoms with Crippen LogP contribution >= 0.6 is 0 Å². The molecular formula is C21H27N3O. The highest BCUT2D eigenvalue weighted by Crippen LogP contribution is 2.27. The number of likely N-dealkylation sites (tertiary alicyclic amines) is 1. The summed E-state index contributed by atoms with van der Waals surface area (Å²) < 4.78 is 0. The average molecular weight is 337 g/mol. The SMILES string of the molecule is CCc1cccc(CC)c1Nc1cncc(C(=O)N2CCCCC2)c1. The van der Waals surface area contributed by atoms with Crippen molar-refractivity contribution in [3.63, 3.8) is 0 Å². The lowest BCUT2D eigenvalue weighted by Gasteiger charge is -2.26. The van der Waals surface area contributed by atoms with Crippen molar-refractivity contribution in [3.8, 4) is 0 Å². The molecule has 0 radical (unpaired) electrons. The van der Waals surface area contributed by atoms with E-state index >= 15 is 0 Å². The zero-order valence-corrected chi connectivity index (χ0v) is 15.2. The minimum atomic E-state index is 0.0929. The van der Waals surface area contributed by atoms with Gasteiger partial charge in [0.1, 0.15) is 0 Å². The fraction of sp³-hybridized carbons (Fsp3) is 0.429. The van der Waals surface area contributed by atoms with E-state index in [2.05, 4.69) is 42.3 Å². The average Bonchev–Trinajstić information content (AvgIpc) is 2.68. The van der Waals surface area contributed by atoms with Crippen LogP contribution in [0.4, 0.5) is 11.4 Å². The Morgan fingerprint density at radius 1 is 1.08 bits per heavy atom. The number of nitrogens with one attached hydrogen (secondary N) is 1. The highest BCUT2D eigenvalue weighted by atomic mass is 16.2. The second-order valence-corrected chi connectivity index (χ2v) is 6.60. The van der Waals surface area contributed by atoms with Crippen LogP contribution in [0, 0.1) is 0 Å². The second kappa shape index (κ2) is 8.15. The van der Waals surface area contributed by atoms with Gasteiger partial charge in [-0.15, -0.1) is 0 Å². The number of hydrogen-bond donors (Lipinski definition) is 1. The van der Waals surface area contributed by atoms with Crippen LogP contribution in [-0.4, -0.2) is 28.9 Å². The van der Waals surface area contributed by atoms with Crippen LogP contribution in [-0.2, 0) is 12.8 Å². The van der Waals surface area contributed by atoms with Gasteiger partial charge in [0.25, 0.3) is 5.91 Å². The molecule has 0 saturated carbocycles. The van der Waals surface area contributed by atoms with Gasteiger partial charge >= 0.3 is 0 Å². The van der Waals surface area contributed by atoms with Crippen LogP contribution < -0.4 is 5.32 Å².